The molecule has 0 saturated carbocycles. The van der Waals surface area contributed by atoms with Crippen molar-refractivity contribution in [3.05, 3.63) is 50.1 Å². The smallest absolute Gasteiger partial charge is 0.331 e. The zero-order valence-corrected chi connectivity index (χ0v) is 12.3. The molecule has 1 aromatic carbocycles. The highest BCUT2D eigenvalue weighted by molar-refractivity contribution is 7.98. The van der Waals surface area contributed by atoms with Gasteiger partial charge in [0.05, 0.1) is 0 Å². The van der Waals surface area contributed by atoms with Gasteiger partial charge >= 0.3 is 5.69 Å². The quantitative estimate of drug-likeness (QED) is 0.904. The van der Waals surface area contributed by atoms with E-state index in [9.17, 15) is 14.7 Å². The van der Waals surface area contributed by atoms with Crippen molar-refractivity contribution in [2.75, 3.05) is 12.0 Å². The Balaban J connectivity index is 2.64. The maximum Gasteiger partial charge on any atom is 0.331 e. The van der Waals surface area contributed by atoms with E-state index in [2.05, 4.69) is 4.98 Å². The lowest BCUT2D eigenvalue weighted by Crippen LogP contribution is -2.31. The van der Waals surface area contributed by atoms with Gasteiger partial charge in [0.1, 0.15) is 5.56 Å². The van der Waals surface area contributed by atoms with Gasteiger partial charge in [0.15, 0.2) is 0 Å². The Labute approximate surface area is 124 Å². The molecule has 0 unspecified atom stereocenters. The number of halogens is 1. The number of benzene rings is 1. The molecule has 0 spiro atoms. The first-order valence-corrected chi connectivity index (χ1v) is 7.62. The van der Waals surface area contributed by atoms with E-state index < -0.39 is 11.2 Å². The fraction of sp³-hybridized carbons (Fsp3) is 0.231. The summed E-state index contributed by atoms with van der Waals surface area (Å²) in [5, 5.41) is 10.7. The van der Waals surface area contributed by atoms with Crippen LogP contribution in [0.2, 0.25) is 5.02 Å². The van der Waals surface area contributed by atoms with E-state index in [1.54, 1.807) is 24.3 Å². The number of aromatic amines is 1. The molecule has 0 atom stereocenters. The molecule has 0 aliphatic carbocycles. The van der Waals surface area contributed by atoms with Gasteiger partial charge in [-0.2, -0.15) is 11.8 Å². The van der Waals surface area contributed by atoms with Gasteiger partial charge in [-0.05, 0) is 24.0 Å². The van der Waals surface area contributed by atoms with E-state index in [1.807, 2.05) is 6.26 Å². The summed E-state index contributed by atoms with van der Waals surface area (Å²) in [7, 11) is 0. The second kappa shape index (κ2) is 6.19. The van der Waals surface area contributed by atoms with Gasteiger partial charge < -0.3 is 5.11 Å². The lowest BCUT2D eigenvalue weighted by atomic mass is 10.1. The van der Waals surface area contributed by atoms with Crippen molar-refractivity contribution in [1.29, 1.82) is 0 Å². The first-order valence-electron chi connectivity index (χ1n) is 5.85. The zero-order chi connectivity index (χ0) is 14.7. The van der Waals surface area contributed by atoms with Crippen molar-refractivity contribution in [3.63, 3.8) is 0 Å². The van der Waals surface area contributed by atoms with Gasteiger partial charge in [-0.15, -0.1) is 0 Å². The predicted molar refractivity (Wildman–Crippen MR) is 81.8 cm³/mol. The van der Waals surface area contributed by atoms with Gasteiger partial charge in [-0.3, -0.25) is 14.3 Å². The van der Waals surface area contributed by atoms with E-state index in [0.29, 0.717) is 22.9 Å². The van der Waals surface area contributed by atoms with Crippen LogP contribution in [-0.2, 0) is 6.54 Å². The summed E-state index contributed by atoms with van der Waals surface area (Å²) in [6, 6.07) is 6.56. The minimum absolute atomic E-state index is 0.0493. The van der Waals surface area contributed by atoms with Crippen LogP contribution < -0.4 is 11.2 Å². The Kier molecular flexibility index (Phi) is 4.57. The standard InChI is InChI=1S/C13H13ClN2O3S/c1-20-6-5-16-12(18)10(11(17)15-13(16)19)8-3-2-4-9(14)7-8/h2-4,7,18H,5-6H2,1H3,(H,15,17,19). The SMILES string of the molecule is CSCCn1c(O)c(-c2cccc(Cl)c2)c(=O)[nH]c1=O. The van der Waals surface area contributed by atoms with Gasteiger partial charge in [0.25, 0.3) is 5.56 Å². The normalized spacial score (nSPS) is 10.7. The van der Waals surface area contributed by atoms with Crippen molar-refractivity contribution in [1.82, 2.24) is 9.55 Å². The van der Waals surface area contributed by atoms with E-state index in [-0.39, 0.29) is 11.4 Å². The molecular formula is C13H13ClN2O3S. The molecule has 0 fully saturated rings. The van der Waals surface area contributed by atoms with Crippen molar-refractivity contribution in [2.45, 2.75) is 6.54 Å². The first-order chi connectivity index (χ1) is 9.54. The summed E-state index contributed by atoms with van der Waals surface area (Å²) in [4.78, 5) is 25.9. The molecule has 2 N–H and O–H groups in total. The summed E-state index contributed by atoms with van der Waals surface area (Å²) < 4.78 is 1.15. The minimum atomic E-state index is -0.629. The van der Waals surface area contributed by atoms with E-state index in [4.69, 9.17) is 11.6 Å². The number of hydrogen-bond donors (Lipinski definition) is 2. The molecule has 0 radical (unpaired) electrons. The molecule has 106 valence electrons. The van der Waals surface area contributed by atoms with Crippen LogP contribution in [0.3, 0.4) is 0 Å². The summed E-state index contributed by atoms with van der Waals surface area (Å²) >= 11 is 7.43. The van der Waals surface area contributed by atoms with Crippen LogP contribution in [0.5, 0.6) is 5.88 Å². The number of rotatable bonds is 4. The second-order valence-corrected chi connectivity index (χ2v) is 5.53. The van der Waals surface area contributed by atoms with Crippen molar-refractivity contribution in [2.24, 2.45) is 0 Å². The third kappa shape index (κ3) is 2.91. The van der Waals surface area contributed by atoms with Crippen LogP contribution in [-0.4, -0.2) is 26.7 Å². The Morgan fingerprint density at radius 1 is 1.40 bits per heavy atom. The fourth-order valence-corrected chi connectivity index (χ4v) is 2.41. The van der Waals surface area contributed by atoms with E-state index in [0.717, 1.165) is 4.57 Å². The molecule has 2 aromatic rings. The lowest BCUT2D eigenvalue weighted by Gasteiger charge is -2.11. The molecule has 1 aromatic heterocycles. The molecule has 0 bridgehead atoms. The molecule has 5 nitrogen and oxygen atoms in total. The Bertz CT molecular complexity index is 739. The number of thioether (sulfide) groups is 1. The largest absolute Gasteiger partial charge is 0.494 e. The lowest BCUT2D eigenvalue weighted by molar-refractivity contribution is 0.409. The van der Waals surface area contributed by atoms with Crippen LogP contribution >= 0.6 is 23.4 Å². The van der Waals surface area contributed by atoms with Crippen LogP contribution in [0.4, 0.5) is 0 Å². The third-order valence-electron chi connectivity index (χ3n) is 2.80. The van der Waals surface area contributed by atoms with Crippen LogP contribution in [0, 0.1) is 0 Å². The first kappa shape index (κ1) is 14.7. The van der Waals surface area contributed by atoms with Crippen LogP contribution in [0.15, 0.2) is 33.9 Å². The fourth-order valence-electron chi connectivity index (χ4n) is 1.85. The van der Waals surface area contributed by atoms with Crippen molar-refractivity contribution >= 4 is 23.4 Å². The molecule has 20 heavy (non-hydrogen) atoms. The Hall–Kier alpha value is -1.66. The summed E-state index contributed by atoms with van der Waals surface area (Å²) in [6.45, 7) is 0.316. The Morgan fingerprint density at radius 2 is 2.15 bits per heavy atom. The monoisotopic (exact) mass is 312 g/mol. The van der Waals surface area contributed by atoms with Crippen molar-refractivity contribution < 1.29 is 5.11 Å². The zero-order valence-electron chi connectivity index (χ0n) is 10.7. The summed E-state index contributed by atoms with van der Waals surface area (Å²) in [6.07, 6.45) is 1.89. The van der Waals surface area contributed by atoms with Gasteiger partial charge in [-0.1, -0.05) is 23.7 Å². The molecule has 0 aliphatic rings. The van der Waals surface area contributed by atoms with Gasteiger partial charge in [0.2, 0.25) is 5.88 Å². The topological polar surface area (TPSA) is 75.1 Å². The average Bonchev–Trinajstić information content (AvgIpc) is 2.38. The molecule has 0 saturated heterocycles. The van der Waals surface area contributed by atoms with Gasteiger partial charge in [-0.25, -0.2) is 4.79 Å². The average molecular weight is 313 g/mol. The molecule has 7 heteroatoms. The number of aromatic nitrogens is 2. The molecular weight excluding hydrogens is 300 g/mol. The molecule has 1 heterocycles. The number of nitrogens with zero attached hydrogens (tertiary/aromatic N) is 1. The van der Waals surface area contributed by atoms with E-state index >= 15 is 0 Å². The Morgan fingerprint density at radius 3 is 2.80 bits per heavy atom. The maximum atomic E-state index is 11.9. The molecule has 0 aliphatic heterocycles. The maximum absolute atomic E-state index is 11.9. The van der Waals surface area contributed by atoms with Crippen LogP contribution in [0.25, 0.3) is 11.1 Å². The number of H-pyrrole nitrogens is 1. The number of hydrogen-bond acceptors (Lipinski definition) is 4. The van der Waals surface area contributed by atoms with Gasteiger partial charge in [0, 0.05) is 17.3 Å². The number of aromatic hydroxyl groups is 1. The number of nitrogens with one attached hydrogen (secondary N) is 1. The highest BCUT2D eigenvalue weighted by atomic mass is 35.5. The molecule has 0 amide bonds. The highest BCUT2D eigenvalue weighted by Crippen LogP contribution is 2.26. The highest BCUT2D eigenvalue weighted by Gasteiger charge is 2.15. The van der Waals surface area contributed by atoms with Crippen LogP contribution in [0.1, 0.15) is 0 Å². The van der Waals surface area contributed by atoms with E-state index in [1.165, 1.54) is 11.8 Å². The summed E-state index contributed by atoms with van der Waals surface area (Å²) in [5.74, 6) is 0.309. The van der Waals surface area contributed by atoms with Crippen molar-refractivity contribution in [3.8, 4) is 17.0 Å². The summed E-state index contributed by atoms with van der Waals surface area (Å²) in [5.41, 5.74) is -0.732. The minimum Gasteiger partial charge on any atom is -0.494 e. The third-order valence-corrected chi connectivity index (χ3v) is 3.63. The predicted octanol–water partition coefficient (Wildman–Crippen LogP) is 1.93. The second-order valence-electron chi connectivity index (χ2n) is 4.11. The molecule has 2 rings (SSSR count).